The number of rotatable bonds is 4. The number of benzene rings is 1. The van der Waals surface area contributed by atoms with Crippen molar-refractivity contribution in [2.75, 3.05) is 19.7 Å². The van der Waals surface area contributed by atoms with E-state index in [4.69, 9.17) is 4.74 Å². The Morgan fingerprint density at radius 3 is 2.84 bits per heavy atom. The molecule has 1 aliphatic carbocycles. The normalized spacial score (nSPS) is 25.3. The van der Waals surface area contributed by atoms with E-state index in [1.165, 1.54) is 0 Å². The molecule has 1 N–H and O–H groups in total. The van der Waals surface area contributed by atoms with Gasteiger partial charge in [0, 0.05) is 36.9 Å². The predicted molar refractivity (Wildman–Crippen MR) is 94.0 cm³/mol. The van der Waals surface area contributed by atoms with Crippen molar-refractivity contribution in [2.45, 2.75) is 44.9 Å². The Labute approximate surface area is 147 Å². The highest BCUT2D eigenvalue weighted by molar-refractivity contribution is 5.82. The number of likely N-dealkylation sites (tertiary alicyclic amines) is 1. The van der Waals surface area contributed by atoms with E-state index in [1.807, 2.05) is 36.1 Å². The molecule has 2 aliphatic rings. The number of fused-ring (bicyclic) bond motifs is 1. The first kappa shape index (κ1) is 16.5. The van der Waals surface area contributed by atoms with Crippen molar-refractivity contribution >= 4 is 16.8 Å². The Bertz CT molecular complexity index is 762. The molecule has 2 aromatic rings. The van der Waals surface area contributed by atoms with Gasteiger partial charge in [-0.25, -0.2) is 0 Å². The van der Waals surface area contributed by atoms with E-state index in [1.54, 1.807) is 10.9 Å². The summed E-state index contributed by atoms with van der Waals surface area (Å²) in [6.07, 6.45) is 3.98. The molecule has 1 spiro atoms. The van der Waals surface area contributed by atoms with Gasteiger partial charge < -0.3 is 14.7 Å². The molecule has 0 bridgehead atoms. The van der Waals surface area contributed by atoms with Crippen LogP contribution >= 0.6 is 0 Å². The van der Waals surface area contributed by atoms with Crippen LogP contribution in [0.5, 0.6) is 0 Å². The summed E-state index contributed by atoms with van der Waals surface area (Å²) in [5.41, 5.74) is 0.834. The van der Waals surface area contributed by atoms with E-state index in [0.29, 0.717) is 19.7 Å². The summed E-state index contributed by atoms with van der Waals surface area (Å²) in [7, 11) is 0. The number of aliphatic hydroxyl groups is 1. The number of hydrogen-bond acceptors (Lipinski definition) is 4. The lowest BCUT2D eigenvalue weighted by atomic mass is 9.58. The standard InChI is InChI=1S/C19H25N3O3/c1-2-25-17-11-16(23)19(17)7-9-21(10-8-19)18(24)13-22-15-6-4-3-5-14(15)12-20-22/h3-6,12,16-17,23H,2,7-11,13H2,1H3. The smallest absolute Gasteiger partial charge is 0.244 e. The minimum atomic E-state index is -0.295. The van der Waals surface area contributed by atoms with Crippen LogP contribution in [-0.2, 0) is 16.1 Å². The highest BCUT2D eigenvalue weighted by Crippen LogP contribution is 2.50. The molecule has 2 atom stereocenters. The molecule has 2 fully saturated rings. The lowest BCUT2D eigenvalue weighted by Crippen LogP contribution is -2.62. The molecule has 4 rings (SSSR count). The van der Waals surface area contributed by atoms with Gasteiger partial charge in [-0.15, -0.1) is 0 Å². The average Bonchev–Trinajstić information content (AvgIpc) is 3.05. The number of ether oxygens (including phenoxy) is 1. The molecule has 6 nitrogen and oxygen atoms in total. The molecule has 134 valence electrons. The molecule has 0 radical (unpaired) electrons. The number of carbonyl (C=O) groups excluding carboxylic acids is 1. The zero-order chi connectivity index (χ0) is 17.4. The number of carbonyl (C=O) groups is 1. The lowest BCUT2D eigenvalue weighted by Gasteiger charge is -2.56. The zero-order valence-electron chi connectivity index (χ0n) is 14.6. The first-order valence-electron chi connectivity index (χ1n) is 9.12. The Kier molecular flexibility index (Phi) is 4.25. The third-order valence-electron chi connectivity index (χ3n) is 5.99. The van der Waals surface area contributed by atoms with E-state index in [0.717, 1.165) is 30.2 Å². The molecule has 1 amide bonds. The van der Waals surface area contributed by atoms with Gasteiger partial charge in [0.1, 0.15) is 6.54 Å². The first-order valence-corrected chi connectivity index (χ1v) is 9.12. The first-order chi connectivity index (χ1) is 12.1. The Hall–Kier alpha value is -1.92. The van der Waals surface area contributed by atoms with Gasteiger partial charge in [-0.1, -0.05) is 18.2 Å². The fourth-order valence-corrected chi connectivity index (χ4v) is 4.37. The number of piperidine rings is 1. The number of hydrogen-bond donors (Lipinski definition) is 1. The Morgan fingerprint density at radius 1 is 1.36 bits per heavy atom. The van der Waals surface area contributed by atoms with Crippen LogP contribution in [0.15, 0.2) is 30.5 Å². The predicted octanol–water partition coefficient (Wildman–Crippen LogP) is 1.81. The fraction of sp³-hybridized carbons (Fsp3) is 0.579. The number of aromatic nitrogens is 2. The third-order valence-corrected chi connectivity index (χ3v) is 5.99. The number of para-hydroxylation sites is 1. The van der Waals surface area contributed by atoms with Gasteiger partial charge in [0.2, 0.25) is 5.91 Å². The summed E-state index contributed by atoms with van der Waals surface area (Å²) in [4.78, 5) is 14.6. The second-order valence-electron chi connectivity index (χ2n) is 7.17. The van der Waals surface area contributed by atoms with Gasteiger partial charge in [0.15, 0.2) is 0 Å². The van der Waals surface area contributed by atoms with Gasteiger partial charge >= 0.3 is 0 Å². The van der Waals surface area contributed by atoms with Crippen LogP contribution in [0.4, 0.5) is 0 Å². The van der Waals surface area contributed by atoms with Crippen LogP contribution in [0, 0.1) is 5.41 Å². The van der Waals surface area contributed by atoms with E-state index in [9.17, 15) is 9.90 Å². The van der Waals surface area contributed by atoms with Crippen molar-refractivity contribution in [3.05, 3.63) is 30.5 Å². The quantitative estimate of drug-likeness (QED) is 0.919. The maximum atomic E-state index is 12.7. The second-order valence-corrected chi connectivity index (χ2v) is 7.17. The summed E-state index contributed by atoms with van der Waals surface area (Å²) in [6.45, 7) is 4.29. The van der Waals surface area contributed by atoms with E-state index < -0.39 is 0 Å². The van der Waals surface area contributed by atoms with Gasteiger partial charge in [0.05, 0.1) is 23.9 Å². The minimum absolute atomic E-state index is 0.0884. The monoisotopic (exact) mass is 343 g/mol. The summed E-state index contributed by atoms with van der Waals surface area (Å²) < 4.78 is 7.56. The Balaban J connectivity index is 1.40. The summed E-state index contributed by atoms with van der Waals surface area (Å²) in [5, 5.41) is 15.7. The number of amides is 1. The molecule has 1 saturated carbocycles. The van der Waals surface area contributed by atoms with Crippen molar-refractivity contribution < 1.29 is 14.6 Å². The Morgan fingerprint density at radius 2 is 2.12 bits per heavy atom. The molecule has 2 unspecified atom stereocenters. The van der Waals surface area contributed by atoms with Crippen molar-refractivity contribution in [1.29, 1.82) is 0 Å². The van der Waals surface area contributed by atoms with Crippen LogP contribution in [0.1, 0.15) is 26.2 Å². The largest absolute Gasteiger partial charge is 0.392 e. The number of nitrogens with zero attached hydrogens (tertiary/aromatic N) is 3. The topological polar surface area (TPSA) is 67.6 Å². The van der Waals surface area contributed by atoms with Gasteiger partial charge in [-0.2, -0.15) is 5.10 Å². The van der Waals surface area contributed by atoms with Crippen molar-refractivity contribution in [2.24, 2.45) is 5.41 Å². The number of aliphatic hydroxyl groups excluding tert-OH is 1. The lowest BCUT2D eigenvalue weighted by molar-refractivity contribution is -0.210. The summed E-state index contributed by atoms with van der Waals surface area (Å²) >= 11 is 0. The van der Waals surface area contributed by atoms with Crippen molar-refractivity contribution in [3.8, 4) is 0 Å². The molecule has 25 heavy (non-hydrogen) atoms. The maximum Gasteiger partial charge on any atom is 0.244 e. The fourth-order valence-electron chi connectivity index (χ4n) is 4.37. The highest BCUT2D eigenvalue weighted by atomic mass is 16.5. The maximum absolute atomic E-state index is 12.7. The van der Waals surface area contributed by atoms with Crippen LogP contribution in [0.2, 0.25) is 0 Å². The van der Waals surface area contributed by atoms with Gasteiger partial charge in [-0.05, 0) is 25.8 Å². The minimum Gasteiger partial charge on any atom is -0.392 e. The van der Waals surface area contributed by atoms with E-state index >= 15 is 0 Å². The van der Waals surface area contributed by atoms with Crippen LogP contribution in [0.3, 0.4) is 0 Å². The van der Waals surface area contributed by atoms with E-state index in [-0.39, 0.29) is 30.1 Å². The molecule has 1 saturated heterocycles. The molecule has 1 aromatic heterocycles. The van der Waals surface area contributed by atoms with Crippen LogP contribution < -0.4 is 0 Å². The molecular weight excluding hydrogens is 318 g/mol. The molecule has 6 heteroatoms. The van der Waals surface area contributed by atoms with Crippen molar-refractivity contribution in [3.63, 3.8) is 0 Å². The van der Waals surface area contributed by atoms with E-state index in [2.05, 4.69) is 5.10 Å². The zero-order valence-corrected chi connectivity index (χ0v) is 14.6. The summed E-state index contributed by atoms with van der Waals surface area (Å²) in [5.74, 6) is 0.0884. The van der Waals surface area contributed by atoms with Crippen LogP contribution in [-0.4, -0.2) is 57.6 Å². The van der Waals surface area contributed by atoms with Crippen LogP contribution in [0.25, 0.3) is 10.9 Å². The molecule has 1 aromatic carbocycles. The summed E-state index contributed by atoms with van der Waals surface area (Å²) in [6, 6.07) is 7.92. The van der Waals surface area contributed by atoms with Crippen molar-refractivity contribution in [1.82, 2.24) is 14.7 Å². The molecule has 1 aliphatic heterocycles. The SMILES string of the molecule is CCOC1CC(O)C12CCN(C(=O)Cn1ncc3ccccc31)CC2. The molecule has 2 heterocycles. The third kappa shape index (κ3) is 2.73. The van der Waals surface area contributed by atoms with Gasteiger partial charge in [-0.3, -0.25) is 9.48 Å². The van der Waals surface area contributed by atoms with Gasteiger partial charge in [0.25, 0.3) is 0 Å². The average molecular weight is 343 g/mol. The molecular formula is C19H25N3O3. The highest BCUT2D eigenvalue weighted by Gasteiger charge is 2.56. The second kappa shape index (κ2) is 6.42.